The molecule has 33 nitrogen and oxygen atoms in total. The topological polar surface area (TPSA) is 459 Å². The van der Waals surface area contributed by atoms with Crippen molar-refractivity contribution in [3.63, 3.8) is 0 Å². The van der Waals surface area contributed by atoms with Crippen LogP contribution in [0.5, 0.6) is 0 Å². The highest BCUT2D eigenvalue weighted by molar-refractivity contribution is 4.98. The Morgan fingerprint density at radius 1 is 0.209 bits per heavy atom. The molecule has 6 heterocycles. The van der Waals surface area contributed by atoms with Crippen LogP contribution in [0, 0.1) is 0 Å². The van der Waals surface area contributed by atoms with E-state index in [0.29, 0.717) is 26.2 Å². The lowest BCUT2D eigenvalue weighted by atomic mass is 10.0. The molecule has 33 heteroatoms. The van der Waals surface area contributed by atoms with E-state index in [1.807, 2.05) is 0 Å². The first-order valence-electron chi connectivity index (χ1n) is 51.1. The average Bonchev–Trinajstić information content (AvgIpc) is 1.64. The van der Waals surface area contributed by atoms with Gasteiger partial charge in [0.05, 0.1) is 118 Å². The zero-order valence-corrected chi connectivity index (χ0v) is 79.3. The van der Waals surface area contributed by atoms with E-state index in [1.165, 1.54) is 218 Å². The Labute approximate surface area is 772 Å². The lowest BCUT2D eigenvalue weighted by Gasteiger charge is -2.31. The fraction of sp³-hybridized carbons (Fsp3) is 1.00. The molecule has 6 fully saturated rings. The van der Waals surface area contributed by atoms with Gasteiger partial charge >= 0.3 is 0 Å². The van der Waals surface area contributed by atoms with E-state index in [-0.39, 0.29) is 72.2 Å². The molecule has 3 unspecified atom stereocenters. The summed E-state index contributed by atoms with van der Waals surface area (Å²) in [5.74, 6) is 0. The third-order valence-corrected chi connectivity index (χ3v) is 25.7. The first-order valence-corrected chi connectivity index (χ1v) is 51.1. The number of hydrogen-bond acceptors (Lipinski definition) is 33. The Hall–Kier alpha value is -1.32. The molecule has 0 aromatic rings. The van der Waals surface area contributed by atoms with Crippen LogP contribution >= 0.6 is 0 Å². The summed E-state index contributed by atoms with van der Waals surface area (Å²) < 4.78 is 117. The van der Waals surface area contributed by atoms with Gasteiger partial charge in [-0.2, -0.15) is 0 Å². The van der Waals surface area contributed by atoms with Crippen LogP contribution in [0.4, 0.5) is 0 Å². The van der Waals surface area contributed by atoms with Gasteiger partial charge in [0.15, 0.2) is 37.7 Å². The zero-order valence-electron chi connectivity index (χ0n) is 79.3. The first kappa shape index (κ1) is 116. The minimum atomic E-state index is -1.64. The third-order valence-electron chi connectivity index (χ3n) is 25.7. The monoisotopic (exact) mass is 1860 g/mol. The predicted molar refractivity (Wildman–Crippen MR) is 480 cm³/mol. The fourth-order valence-corrected chi connectivity index (χ4v) is 17.6. The number of unbranched alkanes of at least 4 members (excludes halogenated alkanes) is 43. The molecule has 0 saturated carbocycles. The SMILES string of the molecule is CCCCCCCCCCCCCCCCCCCCCCCCCCOCC(COC(COCCOCCO[C@H]1O[C@H](CO)[C@@H](O[C@H]2O[C@H](CO)[C@@H](O)[C@@H]2O)[C@@H]1O[C@H]1O[C@H](CO)[C@@H](O)[C@@H]1O)COCCOCC(CCCCCCCCCC)O[C@H]1O[C@H](CO)[C@@H](O[C@H]2O[C@H](CO)[C@@H](O)[C@@H]2O)[C@@H]1O[C@H]1O[C@H](CO)[C@@H](O)[C@@H]1O)OCCCCCCCCCCCCCCCC. The van der Waals surface area contributed by atoms with Crippen LogP contribution < -0.4 is 0 Å². The summed E-state index contributed by atoms with van der Waals surface area (Å²) in [6.07, 6.45) is 22.7. The minimum absolute atomic E-state index is 0.00436. The Bertz CT molecular complexity index is 2550. The molecule has 6 saturated heterocycles. The first-order chi connectivity index (χ1) is 63.1. The van der Waals surface area contributed by atoms with Crippen molar-refractivity contribution in [3.05, 3.63) is 0 Å². The number of aliphatic hydroxyl groups is 14. The van der Waals surface area contributed by atoms with Crippen LogP contribution in [-0.2, 0) is 90.0 Å². The maximum Gasteiger partial charge on any atom is 0.187 e. The van der Waals surface area contributed by atoms with Crippen molar-refractivity contribution >= 4 is 0 Å². The van der Waals surface area contributed by atoms with E-state index >= 15 is 0 Å². The van der Waals surface area contributed by atoms with Crippen LogP contribution in [0.1, 0.15) is 323 Å². The molecule has 6 aliphatic heterocycles. The highest BCUT2D eigenvalue weighted by atomic mass is 16.8. The van der Waals surface area contributed by atoms with Gasteiger partial charge in [0, 0.05) is 13.2 Å². The molecule has 0 radical (unpaired) electrons. The van der Waals surface area contributed by atoms with Crippen molar-refractivity contribution in [1.29, 1.82) is 0 Å². The van der Waals surface area contributed by atoms with Crippen LogP contribution in [0.15, 0.2) is 0 Å². The molecule has 0 bridgehead atoms. The van der Waals surface area contributed by atoms with E-state index in [1.54, 1.807) is 0 Å². The number of ether oxygens (including phenoxy) is 19. The third kappa shape index (κ3) is 46.1. The number of hydrogen-bond donors (Lipinski definition) is 14. The molecule has 14 N–H and O–H groups in total. The molecule has 0 amide bonds. The highest BCUT2D eigenvalue weighted by Crippen LogP contribution is 2.39. The van der Waals surface area contributed by atoms with Gasteiger partial charge in [0.2, 0.25) is 0 Å². The molecular weight excluding hydrogens is 1680 g/mol. The van der Waals surface area contributed by atoms with Crippen LogP contribution in [0.2, 0.25) is 0 Å². The summed E-state index contributed by atoms with van der Waals surface area (Å²) in [6, 6.07) is 0. The molecule has 27 atom stereocenters. The van der Waals surface area contributed by atoms with Crippen molar-refractivity contribution < 1.29 is 161 Å². The molecule has 0 aromatic carbocycles. The summed E-state index contributed by atoms with van der Waals surface area (Å²) >= 11 is 0. The van der Waals surface area contributed by atoms with Gasteiger partial charge in [-0.05, 0) is 19.3 Å². The molecule has 0 aromatic heterocycles. The second kappa shape index (κ2) is 73.8. The molecule has 6 aliphatic rings. The minimum Gasteiger partial charge on any atom is -0.394 e. The Morgan fingerprint density at radius 3 is 0.783 bits per heavy atom. The zero-order chi connectivity index (χ0) is 92.7. The van der Waals surface area contributed by atoms with Gasteiger partial charge in [-0.3, -0.25) is 0 Å². The summed E-state index contributed by atoms with van der Waals surface area (Å²) in [7, 11) is 0. The largest absolute Gasteiger partial charge is 0.394 e. The smallest absolute Gasteiger partial charge is 0.187 e. The normalized spacial score (nSPS) is 30.2. The number of rotatable bonds is 87. The van der Waals surface area contributed by atoms with E-state index in [0.717, 1.165) is 77.0 Å². The van der Waals surface area contributed by atoms with Gasteiger partial charge in [0.25, 0.3) is 0 Å². The molecule has 764 valence electrons. The Morgan fingerprint density at radius 2 is 0.457 bits per heavy atom. The van der Waals surface area contributed by atoms with Gasteiger partial charge in [-0.25, -0.2) is 0 Å². The Balaban J connectivity index is 1.06. The van der Waals surface area contributed by atoms with Crippen LogP contribution in [-0.4, -0.2) is 363 Å². The maximum absolute atomic E-state index is 11.1. The van der Waals surface area contributed by atoms with Crippen molar-refractivity contribution in [2.24, 2.45) is 0 Å². The average molecular weight is 1860 g/mol. The van der Waals surface area contributed by atoms with E-state index < -0.39 is 199 Å². The molecule has 0 spiro atoms. The molecule has 6 rings (SSSR count). The fourth-order valence-electron chi connectivity index (χ4n) is 17.6. The molecule has 129 heavy (non-hydrogen) atoms. The number of aliphatic hydroxyl groups excluding tert-OH is 14. The standard InChI is InChI=1S/C96H182O33/c1-4-7-10-13-16-19-21-23-25-26-27-28-29-30-31-32-33-34-35-37-39-42-45-48-51-112-68-72(116-52-49-46-43-40-38-36-24-22-20-17-14-11-8-5-2)69-118-71(66-114-54-53-111-57-58-117-95-89(128-93-85(109)81(105)75(61-99)122-93)87(77(63-101)124-95)126-91-83(107)79(103)73(59-97)120-91)67-115-56-55-113-65-70(50-47-44-41-18-15-12-9-6-3)119-96-90(129-94-86(110)82(106)76(62-100)123-94)88(78(64-102)125-96)127-92-84(108)80(104)74(60-98)121-92/h70-110H,4-69H2,1-3H3/t70?,71?,72?,73-,74-,75-,76-,77-,78-,79-,80-,81-,82-,83+,84+,85+,86+,87-,88-,89+,90+,91-,92-,93-,94-,95+,96+/m1/s1. The van der Waals surface area contributed by atoms with E-state index in [9.17, 15) is 71.5 Å². The summed E-state index contributed by atoms with van der Waals surface area (Å²) in [5.41, 5.74) is 0. The lowest BCUT2D eigenvalue weighted by Crippen LogP contribution is -2.48. The summed E-state index contributed by atoms with van der Waals surface area (Å²) in [4.78, 5) is 0. The van der Waals surface area contributed by atoms with Crippen molar-refractivity contribution in [1.82, 2.24) is 0 Å². The van der Waals surface area contributed by atoms with Crippen molar-refractivity contribution in [3.8, 4) is 0 Å². The van der Waals surface area contributed by atoms with Gasteiger partial charge < -0.3 is 161 Å². The second-order valence-corrected chi connectivity index (χ2v) is 36.7. The second-order valence-electron chi connectivity index (χ2n) is 36.7. The predicted octanol–water partition coefficient (Wildman–Crippen LogP) is 9.37. The van der Waals surface area contributed by atoms with E-state index in [4.69, 9.17) is 90.0 Å². The summed E-state index contributed by atoms with van der Waals surface area (Å²) in [5, 5.41) is 147. The summed E-state index contributed by atoms with van der Waals surface area (Å²) in [6.45, 7) is 5.07. The lowest BCUT2D eigenvalue weighted by molar-refractivity contribution is -0.272. The van der Waals surface area contributed by atoms with Crippen LogP contribution in [0.3, 0.4) is 0 Å². The van der Waals surface area contributed by atoms with Gasteiger partial charge in [0.1, 0.15) is 122 Å². The molecule has 0 aliphatic carbocycles. The highest BCUT2D eigenvalue weighted by Gasteiger charge is 2.57. The van der Waals surface area contributed by atoms with Crippen molar-refractivity contribution in [2.75, 3.05) is 126 Å². The Kier molecular flexibility index (Phi) is 66.6. The van der Waals surface area contributed by atoms with Crippen molar-refractivity contribution in [2.45, 2.75) is 488 Å². The van der Waals surface area contributed by atoms with Gasteiger partial charge in [-0.1, -0.05) is 303 Å². The van der Waals surface area contributed by atoms with E-state index in [2.05, 4.69) is 20.8 Å². The van der Waals surface area contributed by atoms with Gasteiger partial charge in [-0.15, -0.1) is 0 Å². The molecular formula is C96H182O33. The maximum atomic E-state index is 11.1. The van der Waals surface area contributed by atoms with Crippen LogP contribution in [0.25, 0.3) is 0 Å². The quantitative estimate of drug-likeness (QED) is 0.0252.